The Morgan fingerprint density at radius 1 is 1.25 bits per heavy atom. The van der Waals surface area contributed by atoms with Gasteiger partial charge in [-0.2, -0.15) is 0 Å². The van der Waals surface area contributed by atoms with Crippen molar-refractivity contribution in [3.63, 3.8) is 0 Å². The zero-order chi connectivity index (χ0) is 14.4. The third kappa shape index (κ3) is 4.04. The van der Waals surface area contributed by atoms with E-state index in [4.69, 9.17) is 0 Å². The van der Waals surface area contributed by atoms with E-state index in [2.05, 4.69) is 35.9 Å². The third-order valence-corrected chi connectivity index (χ3v) is 3.98. The van der Waals surface area contributed by atoms with Crippen LogP contribution in [0.3, 0.4) is 0 Å². The molecule has 1 fully saturated rings. The SMILES string of the molecule is CCCC(C)C(=O)N1CCN(Cc2ccncc2)CC1. The van der Waals surface area contributed by atoms with E-state index in [0.29, 0.717) is 5.91 Å². The van der Waals surface area contributed by atoms with Gasteiger partial charge in [-0.25, -0.2) is 0 Å². The lowest BCUT2D eigenvalue weighted by atomic mass is 10.0. The summed E-state index contributed by atoms with van der Waals surface area (Å²) >= 11 is 0. The van der Waals surface area contributed by atoms with Gasteiger partial charge >= 0.3 is 0 Å². The molecule has 4 nitrogen and oxygen atoms in total. The maximum atomic E-state index is 12.3. The van der Waals surface area contributed by atoms with Crippen LogP contribution in [0.4, 0.5) is 0 Å². The van der Waals surface area contributed by atoms with Gasteiger partial charge in [0.05, 0.1) is 0 Å². The molecule has 20 heavy (non-hydrogen) atoms. The molecular weight excluding hydrogens is 250 g/mol. The largest absolute Gasteiger partial charge is 0.340 e. The number of nitrogens with zero attached hydrogens (tertiary/aromatic N) is 3. The minimum Gasteiger partial charge on any atom is -0.340 e. The minimum atomic E-state index is 0.173. The first kappa shape index (κ1) is 15.0. The third-order valence-electron chi connectivity index (χ3n) is 3.98. The molecule has 0 N–H and O–H groups in total. The summed E-state index contributed by atoms with van der Waals surface area (Å²) in [5.74, 6) is 0.502. The van der Waals surface area contributed by atoms with Crippen LogP contribution in [0.2, 0.25) is 0 Å². The fourth-order valence-corrected chi connectivity index (χ4v) is 2.74. The van der Waals surface area contributed by atoms with Crippen molar-refractivity contribution in [2.75, 3.05) is 26.2 Å². The van der Waals surface area contributed by atoms with Crippen LogP contribution in [0.15, 0.2) is 24.5 Å². The molecule has 0 spiro atoms. The lowest BCUT2D eigenvalue weighted by Crippen LogP contribution is -2.49. The maximum Gasteiger partial charge on any atom is 0.225 e. The van der Waals surface area contributed by atoms with Crippen LogP contribution < -0.4 is 0 Å². The summed E-state index contributed by atoms with van der Waals surface area (Å²) in [6.45, 7) is 8.79. The highest BCUT2D eigenvalue weighted by molar-refractivity contribution is 5.78. The second kappa shape index (κ2) is 7.39. The molecule has 0 saturated carbocycles. The zero-order valence-electron chi connectivity index (χ0n) is 12.6. The molecule has 0 aromatic carbocycles. The lowest BCUT2D eigenvalue weighted by Gasteiger charge is -2.36. The predicted octanol–water partition coefficient (Wildman–Crippen LogP) is 2.16. The van der Waals surface area contributed by atoms with Crippen molar-refractivity contribution in [2.45, 2.75) is 33.2 Å². The van der Waals surface area contributed by atoms with Gasteiger partial charge in [0, 0.05) is 51.0 Å². The van der Waals surface area contributed by atoms with Crippen LogP contribution in [0.1, 0.15) is 32.3 Å². The average Bonchev–Trinajstić information content (AvgIpc) is 2.48. The Bertz CT molecular complexity index is 413. The molecule has 4 heteroatoms. The van der Waals surface area contributed by atoms with Gasteiger partial charge in [0.25, 0.3) is 0 Å². The topological polar surface area (TPSA) is 36.4 Å². The van der Waals surface area contributed by atoms with Crippen molar-refractivity contribution >= 4 is 5.91 Å². The van der Waals surface area contributed by atoms with Gasteiger partial charge in [-0.1, -0.05) is 20.3 Å². The van der Waals surface area contributed by atoms with Gasteiger partial charge in [-0.15, -0.1) is 0 Å². The second-order valence-electron chi connectivity index (χ2n) is 5.65. The smallest absolute Gasteiger partial charge is 0.225 e. The highest BCUT2D eigenvalue weighted by atomic mass is 16.2. The molecule has 1 unspecified atom stereocenters. The first-order valence-electron chi connectivity index (χ1n) is 7.60. The van der Waals surface area contributed by atoms with Crippen LogP contribution >= 0.6 is 0 Å². The highest BCUT2D eigenvalue weighted by Gasteiger charge is 2.24. The van der Waals surface area contributed by atoms with E-state index < -0.39 is 0 Å². The van der Waals surface area contributed by atoms with Gasteiger partial charge in [-0.3, -0.25) is 14.7 Å². The Kier molecular flexibility index (Phi) is 5.53. The Morgan fingerprint density at radius 3 is 2.50 bits per heavy atom. The molecule has 1 aliphatic rings. The summed E-state index contributed by atoms with van der Waals surface area (Å²) < 4.78 is 0. The summed E-state index contributed by atoms with van der Waals surface area (Å²) in [6, 6.07) is 4.11. The lowest BCUT2D eigenvalue weighted by molar-refractivity contribution is -0.137. The molecule has 1 aliphatic heterocycles. The number of aromatic nitrogens is 1. The Hall–Kier alpha value is -1.42. The van der Waals surface area contributed by atoms with Crippen molar-refractivity contribution < 1.29 is 4.79 Å². The van der Waals surface area contributed by atoms with E-state index in [1.165, 1.54) is 5.56 Å². The number of rotatable bonds is 5. The highest BCUT2D eigenvalue weighted by Crippen LogP contribution is 2.13. The number of pyridine rings is 1. The van der Waals surface area contributed by atoms with Gasteiger partial charge < -0.3 is 4.90 Å². The minimum absolute atomic E-state index is 0.173. The van der Waals surface area contributed by atoms with Crippen LogP contribution in [0, 0.1) is 5.92 Å². The Labute approximate surface area is 121 Å². The van der Waals surface area contributed by atoms with Crippen molar-refractivity contribution in [3.8, 4) is 0 Å². The molecule has 1 amide bonds. The molecule has 1 aromatic heterocycles. The average molecular weight is 275 g/mol. The summed E-state index contributed by atoms with van der Waals surface area (Å²) in [7, 11) is 0. The number of amides is 1. The first-order valence-corrected chi connectivity index (χ1v) is 7.60. The van der Waals surface area contributed by atoms with E-state index in [1.54, 1.807) is 0 Å². The first-order chi connectivity index (χ1) is 9.70. The fraction of sp³-hybridized carbons (Fsp3) is 0.625. The van der Waals surface area contributed by atoms with Crippen molar-refractivity contribution in [2.24, 2.45) is 5.92 Å². The molecule has 1 atom stereocenters. The van der Waals surface area contributed by atoms with Crippen LogP contribution in [-0.4, -0.2) is 46.9 Å². The molecule has 2 rings (SSSR count). The normalized spacial score (nSPS) is 18.0. The van der Waals surface area contributed by atoms with Gasteiger partial charge in [0.15, 0.2) is 0 Å². The van der Waals surface area contributed by atoms with Crippen molar-refractivity contribution in [3.05, 3.63) is 30.1 Å². The molecular formula is C16H25N3O. The van der Waals surface area contributed by atoms with E-state index >= 15 is 0 Å². The van der Waals surface area contributed by atoms with Crippen LogP contribution in [-0.2, 0) is 11.3 Å². The van der Waals surface area contributed by atoms with E-state index in [0.717, 1.165) is 45.6 Å². The summed E-state index contributed by atoms with van der Waals surface area (Å²) in [6.07, 6.45) is 5.74. The molecule has 0 radical (unpaired) electrons. The maximum absolute atomic E-state index is 12.3. The number of carbonyl (C=O) groups is 1. The summed E-state index contributed by atoms with van der Waals surface area (Å²) in [5.41, 5.74) is 1.29. The van der Waals surface area contributed by atoms with Gasteiger partial charge in [-0.05, 0) is 24.1 Å². The molecule has 0 aliphatic carbocycles. The fourth-order valence-electron chi connectivity index (χ4n) is 2.74. The summed E-state index contributed by atoms with van der Waals surface area (Å²) in [5, 5.41) is 0. The summed E-state index contributed by atoms with van der Waals surface area (Å²) in [4.78, 5) is 20.7. The standard InChI is InChI=1S/C16H25N3O/c1-3-4-14(2)16(20)19-11-9-18(10-12-19)13-15-5-7-17-8-6-15/h5-8,14H,3-4,9-13H2,1-2H3. The zero-order valence-corrected chi connectivity index (χ0v) is 12.6. The van der Waals surface area contributed by atoms with E-state index in [-0.39, 0.29) is 5.92 Å². The molecule has 2 heterocycles. The van der Waals surface area contributed by atoms with E-state index in [9.17, 15) is 4.79 Å². The monoisotopic (exact) mass is 275 g/mol. The quantitative estimate of drug-likeness (QED) is 0.826. The predicted molar refractivity (Wildman–Crippen MR) is 80.2 cm³/mol. The van der Waals surface area contributed by atoms with Crippen LogP contribution in [0.25, 0.3) is 0 Å². The number of hydrogen-bond donors (Lipinski definition) is 0. The van der Waals surface area contributed by atoms with E-state index in [1.807, 2.05) is 17.3 Å². The van der Waals surface area contributed by atoms with Crippen molar-refractivity contribution in [1.82, 2.24) is 14.8 Å². The Balaban J connectivity index is 1.79. The molecule has 110 valence electrons. The second-order valence-corrected chi connectivity index (χ2v) is 5.65. The Morgan fingerprint density at radius 2 is 1.90 bits per heavy atom. The number of piperazine rings is 1. The molecule has 0 bridgehead atoms. The molecule has 1 aromatic rings. The molecule has 1 saturated heterocycles. The number of hydrogen-bond acceptors (Lipinski definition) is 3. The number of carbonyl (C=O) groups excluding carboxylic acids is 1. The van der Waals surface area contributed by atoms with Gasteiger partial charge in [0.1, 0.15) is 0 Å². The van der Waals surface area contributed by atoms with Gasteiger partial charge in [0.2, 0.25) is 5.91 Å². The van der Waals surface area contributed by atoms with Crippen molar-refractivity contribution in [1.29, 1.82) is 0 Å². The van der Waals surface area contributed by atoms with Crippen LogP contribution in [0.5, 0.6) is 0 Å².